The lowest BCUT2D eigenvalue weighted by Crippen LogP contribution is -2.49. The smallest absolute Gasteiger partial charge is 0.306 e. The number of fused-ring (bicyclic) bond motifs is 1. The molecular formula is C46H62O9. The summed E-state index contributed by atoms with van der Waals surface area (Å²) >= 11 is 0. The SMILES string of the molecule is CC(=O)OC1CC(C)(C)C(=C=C/C(C)=C/C=C/C(C)=C/C=C/C=C(C)/C=C/C=C(\C)C(=O)CC23OC2(C)CC(OC(=O)CCC(=O)O)CC3(C)C)[C@@](C)(O)C1. The minimum absolute atomic E-state index is 0.00337. The molecule has 0 amide bonds. The van der Waals surface area contributed by atoms with Crippen LogP contribution in [0.2, 0.25) is 0 Å². The van der Waals surface area contributed by atoms with Gasteiger partial charge in [0.25, 0.3) is 0 Å². The number of allylic oxidation sites excluding steroid dienone is 14. The van der Waals surface area contributed by atoms with Crippen LogP contribution in [0.5, 0.6) is 0 Å². The van der Waals surface area contributed by atoms with Crippen LogP contribution in [-0.2, 0) is 33.4 Å². The van der Waals surface area contributed by atoms with Gasteiger partial charge in [-0.2, -0.15) is 0 Å². The zero-order chi connectivity index (χ0) is 41.4. The number of ether oxygens (including phenoxy) is 3. The molecule has 2 aliphatic carbocycles. The highest BCUT2D eigenvalue weighted by atomic mass is 16.6. The molecule has 0 bridgehead atoms. The first-order valence-corrected chi connectivity index (χ1v) is 19.2. The summed E-state index contributed by atoms with van der Waals surface area (Å²) in [5.41, 5.74) is 4.66. The average Bonchev–Trinajstić information content (AvgIpc) is 3.65. The van der Waals surface area contributed by atoms with Crippen LogP contribution in [0.3, 0.4) is 0 Å². The highest BCUT2D eigenvalue weighted by molar-refractivity contribution is 5.96. The Balaban J connectivity index is 1.53. The number of carboxylic acid groups (broad SMARTS) is 1. The van der Waals surface area contributed by atoms with Gasteiger partial charge in [-0.25, -0.2) is 0 Å². The van der Waals surface area contributed by atoms with E-state index in [1.54, 1.807) is 13.8 Å². The van der Waals surface area contributed by atoms with E-state index in [9.17, 15) is 24.3 Å². The average molecular weight is 759 g/mol. The third-order valence-corrected chi connectivity index (χ3v) is 11.0. The number of carboxylic acids is 1. The minimum atomic E-state index is -1.12. The molecule has 55 heavy (non-hydrogen) atoms. The highest BCUT2D eigenvalue weighted by Gasteiger charge is 2.76. The molecule has 9 nitrogen and oxygen atoms in total. The molecule has 300 valence electrons. The van der Waals surface area contributed by atoms with E-state index < -0.39 is 40.3 Å². The predicted molar refractivity (Wildman–Crippen MR) is 215 cm³/mol. The maximum absolute atomic E-state index is 13.3. The van der Waals surface area contributed by atoms with Gasteiger partial charge in [0.2, 0.25) is 0 Å². The van der Waals surface area contributed by atoms with Crippen molar-refractivity contribution in [3.63, 3.8) is 0 Å². The number of hydrogen-bond acceptors (Lipinski definition) is 8. The lowest BCUT2D eigenvalue weighted by atomic mass is 9.61. The van der Waals surface area contributed by atoms with Crippen molar-refractivity contribution in [2.24, 2.45) is 10.8 Å². The summed E-state index contributed by atoms with van der Waals surface area (Å²) in [5, 5.41) is 20.0. The lowest BCUT2D eigenvalue weighted by molar-refractivity contribution is -0.155. The third-order valence-electron chi connectivity index (χ3n) is 11.0. The second-order valence-corrected chi connectivity index (χ2v) is 17.2. The molecule has 5 atom stereocenters. The van der Waals surface area contributed by atoms with E-state index in [4.69, 9.17) is 19.3 Å². The van der Waals surface area contributed by atoms with E-state index in [1.807, 2.05) is 122 Å². The second-order valence-electron chi connectivity index (χ2n) is 17.2. The Labute approximate surface area is 328 Å². The van der Waals surface area contributed by atoms with Crippen molar-refractivity contribution in [2.75, 3.05) is 0 Å². The largest absolute Gasteiger partial charge is 0.481 e. The first-order valence-electron chi connectivity index (χ1n) is 19.2. The fourth-order valence-corrected chi connectivity index (χ4v) is 8.26. The molecule has 0 radical (unpaired) electrons. The van der Waals surface area contributed by atoms with Crippen LogP contribution in [0, 0.1) is 10.8 Å². The number of Topliss-reactive ketones (excluding diaryl/α,β-unsaturated/α-hetero) is 1. The zero-order valence-corrected chi connectivity index (χ0v) is 34.7. The van der Waals surface area contributed by atoms with Gasteiger partial charge in [-0.3, -0.25) is 19.2 Å². The quantitative estimate of drug-likeness (QED) is 0.0550. The van der Waals surface area contributed by atoms with Crippen LogP contribution in [0.25, 0.3) is 0 Å². The Morgan fingerprint density at radius 1 is 0.745 bits per heavy atom. The Bertz CT molecular complexity index is 1760. The minimum Gasteiger partial charge on any atom is -0.481 e. The molecule has 2 N–H and O–H groups in total. The molecular weight excluding hydrogens is 696 g/mol. The van der Waals surface area contributed by atoms with E-state index in [0.717, 1.165) is 22.3 Å². The number of rotatable bonds is 15. The van der Waals surface area contributed by atoms with Crippen molar-refractivity contribution in [3.8, 4) is 0 Å². The summed E-state index contributed by atoms with van der Waals surface area (Å²) in [6.45, 7) is 21.0. The van der Waals surface area contributed by atoms with Gasteiger partial charge in [0.15, 0.2) is 5.78 Å². The van der Waals surface area contributed by atoms with Gasteiger partial charge in [0.1, 0.15) is 17.8 Å². The molecule has 0 aromatic heterocycles. The number of carbonyl (C=O) groups excluding carboxylic acids is 3. The maximum atomic E-state index is 13.3. The predicted octanol–water partition coefficient (Wildman–Crippen LogP) is 9.11. The molecule has 0 spiro atoms. The Kier molecular flexibility index (Phi) is 14.8. The maximum Gasteiger partial charge on any atom is 0.306 e. The van der Waals surface area contributed by atoms with Crippen molar-refractivity contribution < 1.29 is 43.6 Å². The summed E-state index contributed by atoms with van der Waals surface area (Å²) in [7, 11) is 0. The number of aliphatic hydroxyl groups is 1. The molecule has 1 heterocycles. The number of aliphatic carboxylic acids is 1. The van der Waals surface area contributed by atoms with Crippen molar-refractivity contribution in [1.82, 2.24) is 0 Å². The number of esters is 2. The monoisotopic (exact) mass is 758 g/mol. The van der Waals surface area contributed by atoms with Gasteiger partial charge in [-0.05, 0) is 77.0 Å². The summed E-state index contributed by atoms with van der Waals surface area (Å²) in [6.07, 6.45) is 22.5. The van der Waals surface area contributed by atoms with Crippen LogP contribution in [0.4, 0.5) is 0 Å². The number of hydrogen-bond donors (Lipinski definition) is 2. The first-order chi connectivity index (χ1) is 25.4. The van der Waals surface area contributed by atoms with E-state index in [0.29, 0.717) is 31.3 Å². The molecule has 0 aromatic rings. The first kappa shape index (κ1) is 45.1. The molecule has 1 aliphatic heterocycles. The van der Waals surface area contributed by atoms with Crippen LogP contribution in [0.15, 0.2) is 100 Å². The van der Waals surface area contributed by atoms with E-state index in [1.165, 1.54) is 6.92 Å². The van der Waals surface area contributed by atoms with Gasteiger partial charge in [0, 0.05) is 37.2 Å². The number of carbonyl (C=O) groups is 4. The van der Waals surface area contributed by atoms with Crippen molar-refractivity contribution in [2.45, 2.75) is 150 Å². The molecule has 4 unspecified atom stereocenters. The zero-order valence-electron chi connectivity index (χ0n) is 34.7. The van der Waals surface area contributed by atoms with Crippen LogP contribution in [0.1, 0.15) is 121 Å². The molecule has 1 saturated heterocycles. The highest BCUT2D eigenvalue weighted by Crippen LogP contribution is 2.67. The second kappa shape index (κ2) is 18.1. The summed E-state index contributed by atoms with van der Waals surface area (Å²) < 4.78 is 17.3. The van der Waals surface area contributed by atoms with Gasteiger partial charge < -0.3 is 24.4 Å². The Hall–Kier alpha value is -4.30. The van der Waals surface area contributed by atoms with Gasteiger partial charge >= 0.3 is 17.9 Å². The van der Waals surface area contributed by atoms with Gasteiger partial charge in [-0.1, -0.05) is 99.6 Å². The van der Waals surface area contributed by atoms with E-state index in [-0.39, 0.29) is 42.5 Å². The molecule has 9 heteroatoms. The molecule has 2 saturated carbocycles. The standard InChI is InChI=1S/C46H62O9/c1-31(18-14-19-33(3)22-23-39-42(6,7)26-36(53-35(5)47)28-44(39,10)52)16-12-13-17-32(2)20-15-21-34(4)38(48)30-46-43(8,9)27-37(29-45(46,11)55-46)54-41(51)25-24-40(49)50/h12-22,36-37,52H,24-30H2,1-11H3,(H,49,50)/b13-12+,18-14+,20-15+,31-16+,32-17+,33-19+,34-21+/t23?,36?,37?,44-,45?,46?/m0/s1. The fourth-order valence-electron chi connectivity index (χ4n) is 8.26. The molecule has 3 fully saturated rings. The molecule has 3 aliphatic rings. The van der Waals surface area contributed by atoms with Crippen LogP contribution < -0.4 is 0 Å². The number of epoxide rings is 1. The summed E-state index contributed by atoms with van der Waals surface area (Å²) in [5.74, 6) is -1.90. The number of ketones is 1. The lowest BCUT2D eigenvalue weighted by Gasteiger charge is -2.44. The van der Waals surface area contributed by atoms with Crippen LogP contribution in [-0.4, -0.2) is 62.9 Å². The van der Waals surface area contributed by atoms with E-state index in [2.05, 4.69) is 5.73 Å². The normalized spacial score (nSPS) is 29.6. The summed E-state index contributed by atoms with van der Waals surface area (Å²) in [6, 6.07) is 0. The molecule has 3 rings (SSSR count). The van der Waals surface area contributed by atoms with Crippen molar-refractivity contribution >= 4 is 23.7 Å². The Morgan fingerprint density at radius 3 is 1.85 bits per heavy atom. The van der Waals surface area contributed by atoms with Crippen molar-refractivity contribution in [3.05, 3.63) is 100 Å². The fraction of sp³-hybridized carbons (Fsp3) is 0.543. The molecule has 0 aromatic carbocycles. The van der Waals surface area contributed by atoms with Crippen molar-refractivity contribution in [1.29, 1.82) is 0 Å². The third kappa shape index (κ3) is 12.3. The van der Waals surface area contributed by atoms with E-state index >= 15 is 0 Å². The topological polar surface area (TPSA) is 140 Å². The van der Waals surface area contributed by atoms with Gasteiger partial charge in [0.05, 0.1) is 24.0 Å². The Morgan fingerprint density at radius 2 is 1.31 bits per heavy atom. The van der Waals surface area contributed by atoms with Gasteiger partial charge in [-0.15, -0.1) is 5.73 Å². The summed E-state index contributed by atoms with van der Waals surface area (Å²) in [4.78, 5) is 47.8. The van der Waals surface area contributed by atoms with Crippen LogP contribution >= 0.6 is 0 Å².